The standard InChI is InChI=1S/C40H26N4S/c1-5-14-27(15-6-1)33-25-34(36-35(26-33)45-40(41-36)30-20-11-4-12-21-30)31-22-13-23-32(24-31)39-43-37(28-16-7-2-8-17-28)42-38(44-39)29-18-9-3-10-19-29/h1-26H. The summed E-state index contributed by atoms with van der Waals surface area (Å²) in [6.07, 6.45) is 0. The summed E-state index contributed by atoms with van der Waals surface area (Å²) in [7, 11) is 0. The molecule has 0 bridgehead atoms. The Bertz CT molecular complexity index is 2190. The summed E-state index contributed by atoms with van der Waals surface area (Å²) < 4.78 is 1.15. The molecule has 45 heavy (non-hydrogen) atoms. The predicted octanol–water partition coefficient (Wildman–Crippen LogP) is 10.5. The van der Waals surface area contributed by atoms with E-state index in [1.165, 1.54) is 5.56 Å². The maximum Gasteiger partial charge on any atom is 0.164 e. The van der Waals surface area contributed by atoms with E-state index in [2.05, 4.69) is 91.0 Å². The molecule has 212 valence electrons. The number of thiazole rings is 1. The third-order valence-corrected chi connectivity index (χ3v) is 8.81. The number of hydrogen-bond acceptors (Lipinski definition) is 5. The molecule has 0 unspecified atom stereocenters. The normalized spacial score (nSPS) is 11.1. The van der Waals surface area contributed by atoms with Gasteiger partial charge < -0.3 is 0 Å². The second-order valence-electron chi connectivity index (χ2n) is 10.7. The van der Waals surface area contributed by atoms with E-state index in [-0.39, 0.29) is 0 Å². The first-order valence-electron chi connectivity index (χ1n) is 14.8. The van der Waals surface area contributed by atoms with Gasteiger partial charge in [0.1, 0.15) is 5.01 Å². The Morgan fingerprint density at radius 3 is 1.38 bits per heavy atom. The fourth-order valence-corrected chi connectivity index (χ4v) is 6.55. The van der Waals surface area contributed by atoms with Crippen LogP contribution in [0, 0.1) is 0 Å². The van der Waals surface area contributed by atoms with Gasteiger partial charge in [0.15, 0.2) is 17.5 Å². The van der Waals surface area contributed by atoms with Crippen LogP contribution in [0.3, 0.4) is 0 Å². The fourth-order valence-electron chi connectivity index (χ4n) is 5.51. The Balaban J connectivity index is 1.31. The predicted molar refractivity (Wildman–Crippen MR) is 186 cm³/mol. The van der Waals surface area contributed by atoms with Gasteiger partial charge in [-0.1, -0.05) is 140 Å². The minimum atomic E-state index is 0.628. The minimum absolute atomic E-state index is 0.628. The van der Waals surface area contributed by atoms with E-state index in [9.17, 15) is 0 Å². The van der Waals surface area contributed by atoms with Crippen LogP contribution in [0.1, 0.15) is 0 Å². The first-order valence-corrected chi connectivity index (χ1v) is 15.6. The van der Waals surface area contributed by atoms with Crippen molar-refractivity contribution in [2.75, 3.05) is 0 Å². The Labute approximate surface area is 265 Å². The van der Waals surface area contributed by atoms with Gasteiger partial charge in [0.05, 0.1) is 10.2 Å². The zero-order valence-electron chi connectivity index (χ0n) is 24.2. The van der Waals surface area contributed by atoms with E-state index < -0.39 is 0 Å². The number of rotatable bonds is 6. The van der Waals surface area contributed by atoms with Gasteiger partial charge in [-0.3, -0.25) is 0 Å². The van der Waals surface area contributed by atoms with Crippen LogP contribution in [0.2, 0.25) is 0 Å². The molecule has 0 aliphatic heterocycles. The maximum absolute atomic E-state index is 5.18. The highest BCUT2D eigenvalue weighted by Gasteiger charge is 2.17. The molecule has 0 amide bonds. The lowest BCUT2D eigenvalue weighted by Gasteiger charge is -2.11. The van der Waals surface area contributed by atoms with Crippen LogP contribution < -0.4 is 0 Å². The largest absolute Gasteiger partial charge is 0.235 e. The summed E-state index contributed by atoms with van der Waals surface area (Å²) in [5.74, 6) is 1.92. The molecule has 0 aliphatic rings. The summed E-state index contributed by atoms with van der Waals surface area (Å²) in [4.78, 5) is 20.0. The smallest absolute Gasteiger partial charge is 0.164 e. The maximum atomic E-state index is 5.18. The quantitative estimate of drug-likeness (QED) is 0.192. The number of nitrogens with zero attached hydrogens (tertiary/aromatic N) is 4. The average Bonchev–Trinajstić information content (AvgIpc) is 3.57. The third-order valence-electron chi connectivity index (χ3n) is 7.75. The lowest BCUT2D eigenvalue weighted by molar-refractivity contribution is 1.07. The van der Waals surface area contributed by atoms with Crippen molar-refractivity contribution in [3.05, 3.63) is 158 Å². The van der Waals surface area contributed by atoms with Gasteiger partial charge in [0.2, 0.25) is 0 Å². The second-order valence-corrected chi connectivity index (χ2v) is 11.8. The van der Waals surface area contributed by atoms with Gasteiger partial charge in [-0.05, 0) is 34.9 Å². The molecule has 0 N–H and O–H groups in total. The SMILES string of the molecule is c1ccc(-c2cc(-c3cccc(-c4nc(-c5ccccc5)nc(-c5ccccc5)n4)c3)c3nc(-c4ccccc4)sc3c2)cc1. The lowest BCUT2D eigenvalue weighted by atomic mass is 9.96. The summed E-state index contributed by atoms with van der Waals surface area (Å²) in [5, 5.41) is 1.01. The Morgan fingerprint density at radius 2 is 0.800 bits per heavy atom. The molecule has 0 saturated carbocycles. The average molecular weight is 595 g/mol. The number of benzene rings is 6. The van der Waals surface area contributed by atoms with E-state index in [0.717, 1.165) is 54.2 Å². The van der Waals surface area contributed by atoms with E-state index in [0.29, 0.717) is 17.5 Å². The van der Waals surface area contributed by atoms with Gasteiger partial charge in [0.25, 0.3) is 0 Å². The van der Waals surface area contributed by atoms with Crippen LogP contribution in [0.4, 0.5) is 0 Å². The van der Waals surface area contributed by atoms with Crippen molar-refractivity contribution in [3.8, 4) is 67.0 Å². The van der Waals surface area contributed by atoms with Crippen molar-refractivity contribution in [1.29, 1.82) is 0 Å². The third kappa shape index (κ3) is 5.42. The number of aromatic nitrogens is 4. The van der Waals surface area contributed by atoms with Crippen LogP contribution in [0.15, 0.2) is 158 Å². The molecule has 0 fully saturated rings. The monoisotopic (exact) mass is 594 g/mol. The summed E-state index contributed by atoms with van der Waals surface area (Å²) in [6, 6.07) is 54.0. The molecule has 8 aromatic rings. The van der Waals surface area contributed by atoms with Gasteiger partial charge in [-0.15, -0.1) is 11.3 Å². The van der Waals surface area contributed by atoms with Crippen molar-refractivity contribution in [3.63, 3.8) is 0 Å². The summed E-state index contributed by atoms with van der Waals surface area (Å²) in [5.41, 5.74) is 9.38. The number of fused-ring (bicyclic) bond motifs is 1. The summed E-state index contributed by atoms with van der Waals surface area (Å²) >= 11 is 1.72. The minimum Gasteiger partial charge on any atom is -0.235 e. The Kier molecular flexibility index (Phi) is 6.98. The molecule has 0 aliphatic carbocycles. The van der Waals surface area contributed by atoms with Crippen LogP contribution >= 0.6 is 11.3 Å². The van der Waals surface area contributed by atoms with E-state index in [1.807, 2.05) is 66.7 Å². The molecule has 4 nitrogen and oxygen atoms in total. The molecule has 5 heteroatoms. The van der Waals surface area contributed by atoms with Gasteiger partial charge in [0, 0.05) is 27.8 Å². The molecular formula is C40H26N4S. The van der Waals surface area contributed by atoms with Crippen molar-refractivity contribution in [2.45, 2.75) is 0 Å². The molecule has 0 atom stereocenters. The van der Waals surface area contributed by atoms with Crippen LogP contribution in [-0.2, 0) is 0 Å². The van der Waals surface area contributed by atoms with Gasteiger partial charge in [-0.2, -0.15) is 0 Å². The number of hydrogen-bond donors (Lipinski definition) is 0. The van der Waals surface area contributed by atoms with Gasteiger partial charge >= 0.3 is 0 Å². The Hall–Kier alpha value is -5.78. The molecular weight excluding hydrogens is 569 g/mol. The molecule has 2 heterocycles. The van der Waals surface area contributed by atoms with Crippen molar-refractivity contribution < 1.29 is 0 Å². The van der Waals surface area contributed by atoms with Crippen molar-refractivity contribution in [1.82, 2.24) is 19.9 Å². The lowest BCUT2D eigenvalue weighted by Crippen LogP contribution is -2.00. The zero-order valence-corrected chi connectivity index (χ0v) is 25.0. The van der Waals surface area contributed by atoms with Crippen LogP contribution in [-0.4, -0.2) is 19.9 Å². The van der Waals surface area contributed by atoms with Crippen molar-refractivity contribution in [2.24, 2.45) is 0 Å². The fraction of sp³-hybridized carbons (Fsp3) is 0. The zero-order chi connectivity index (χ0) is 30.0. The van der Waals surface area contributed by atoms with Crippen LogP contribution in [0.5, 0.6) is 0 Å². The molecule has 0 saturated heterocycles. The highest BCUT2D eigenvalue weighted by molar-refractivity contribution is 7.21. The van der Waals surface area contributed by atoms with Crippen molar-refractivity contribution >= 4 is 21.6 Å². The highest BCUT2D eigenvalue weighted by atomic mass is 32.1. The van der Waals surface area contributed by atoms with Crippen LogP contribution in [0.25, 0.3) is 77.2 Å². The molecule has 8 rings (SSSR count). The first-order chi connectivity index (χ1) is 22.3. The second kappa shape index (κ2) is 11.7. The molecule has 0 spiro atoms. The topological polar surface area (TPSA) is 51.6 Å². The Morgan fingerprint density at radius 1 is 0.333 bits per heavy atom. The summed E-state index contributed by atoms with van der Waals surface area (Å²) in [6.45, 7) is 0. The van der Waals surface area contributed by atoms with E-state index in [4.69, 9.17) is 19.9 Å². The van der Waals surface area contributed by atoms with E-state index >= 15 is 0 Å². The van der Waals surface area contributed by atoms with E-state index in [1.54, 1.807) is 11.3 Å². The molecule has 2 aromatic heterocycles. The van der Waals surface area contributed by atoms with Gasteiger partial charge in [-0.25, -0.2) is 19.9 Å². The first kappa shape index (κ1) is 26.8. The molecule has 0 radical (unpaired) electrons. The molecule has 6 aromatic carbocycles. The highest BCUT2D eigenvalue weighted by Crippen LogP contribution is 2.40.